The summed E-state index contributed by atoms with van der Waals surface area (Å²) in [4.78, 5) is 0. The first kappa shape index (κ1) is 15.0. The summed E-state index contributed by atoms with van der Waals surface area (Å²) in [7, 11) is 1.43. The maximum Gasteiger partial charge on any atom is 0.416 e. The quantitative estimate of drug-likeness (QED) is 0.812. The molecule has 0 radical (unpaired) electrons. The molecule has 0 atom stereocenters. The average Bonchev–Trinajstić information content (AvgIpc) is 2.69. The molecule has 0 amide bonds. The zero-order chi connectivity index (χ0) is 15.1. The fourth-order valence-corrected chi connectivity index (χ4v) is 2.35. The molecule has 0 saturated carbocycles. The highest BCUT2D eigenvalue weighted by Crippen LogP contribution is 2.37. The molecule has 0 spiro atoms. The van der Waals surface area contributed by atoms with Crippen LogP contribution >= 0.6 is 23.2 Å². The van der Waals surface area contributed by atoms with Gasteiger partial charge in [0.1, 0.15) is 5.69 Å². The van der Waals surface area contributed by atoms with Crippen LogP contribution in [0.15, 0.2) is 18.2 Å². The molecule has 20 heavy (non-hydrogen) atoms. The molecule has 8 heteroatoms. The Hall–Kier alpha value is -1.40. The monoisotopic (exact) mass is 324 g/mol. The summed E-state index contributed by atoms with van der Waals surface area (Å²) in [6.45, 7) is 1.71. The van der Waals surface area contributed by atoms with Gasteiger partial charge in [0.15, 0.2) is 0 Å². The van der Waals surface area contributed by atoms with Gasteiger partial charge in [-0.25, -0.2) is 4.68 Å². The van der Waals surface area contributed by atoms with E-state index in [-0.39, 0.29) is 15.7 Å². The molecule has 2 aromatic rings. The number of benzene rings is 1. The van der Waals surface area contributed by atoms with E-state index >= 15 is 0 Å². The van der Waals surface area contributed by atoms with Crippen molar-refractivity contribution in [1.82, 2.24) is 9.78 Å². The molecule has 0 N–H and O–H groups in total. The minimum absolute atomic E-state index is 0.140. The predicted molar refractivity (Wildman–Crippen MR) is 69.9 cm³/mol. The third-order valence-corrected chi connectivity index (χ3v) is 3.21. The molecule has 3 nitrogen and oxygen atoms in total. The fourth-order valence-electron chi connectivity index (χ4n) is 1.70. The van der Waals surface area contributed by atoms with Crippen LogP contribution in [0.2, 0.25) is 10.0 Å². The number of aryl methyl sites for hydroxylation is 1. The zero-order valence-electron chi connectivity index (χ0n) is 10.4. The second kappa shape index (κ2) is 5.18. The van der Waals surface area contributed by atoms with Crippen molar-refractivity contribution in [3.8, 4) is 11.6 Å². The lowest BCUT2D eigenvalue weighted by molar-refractivity contribution is -0.137. The van der Waals surface area contributed by atoms with E-state index in [1.165, 1.54) is 11.8 Å². The molecule has 1 aromatic carbocycles. The lowest BCUT2D eigenvalue weighted by Crippen LogP contribution is -2.07. The fraction of sp³-hybridized carbons (Fsp3) is 0.250. The van der Waals surface area contributed by atoms with Gasteiger partial charge in [-0.2, -0.15) is 13.2 Å². The number of hydrogen-bond donors (Lipinski definition) is 0. The molecule has 0 aliphatic carbocycles. The van der Waals surface area contributed by atoms with Gasteiger partial charge < -0.3 is 4.74 Å². The molecule has 0 bridgehead atoms. The Morgan fingerprint density at radius 3 is 2.10 bits per heavy atom. The maximum atomic E-state index is 12.7. The van der Waals surface area contributed by atoms with Crippen LogP contribution in [0.1, 0.15) is 11.3 Å². The molecule has 1 heterocycles. The predicted octanol–water partition coefficient (Wildman–Crippen LogP) is 4.51. The van der Waals surface area contributed by atoms with Crippen molar-refractivity contribution < 1.29 is 17.9 Å². The molecular weight excluding hydrogens is 316 g/mol. The van der Waals surface area contributed by atoms with E-state index in [1.807, 2.05) is 0 Å². The topological polar surface area (TPSA) is 27.1 Å². The van der Waals surface area contributed by atoms with E-state index in [2.05, 4.69) is 5.10 Å². The largest absolute Gasteiger partial charge is 0.480 e. The lowest BCUT2D eigenvalue weighted by atomic mass is 10.2. The summed E-state index contributed by atoms with van der Waals surface area (Å²) in [6.07, 6.45) is -4.51. The molecule has 1 aromatic heterocycles. The number of halogens is 5. The highest BCUT2D eigenvalue weighted by atomic mass is 35.5. The van der Waals surface area contributed by atoms with Crippen LogP contribution in [-0.2, 0) is 6.18 Å². The highest BCUT2D eigenvalue weighted by molar-refractivity contribution is 6.37. The van der Waals surface area contributed by atoms with Crippen LogP contribution in [-0.4, -0.2) is 16.9 Å². The van der Waals surface area contributed by atoms with Gasteiger partial charge in [-0.15, -0.1) is 5.10 Å². The van der Waals surface area contributed by atoms with Crippen molar-refractivity contribution in [3.05, 3.63) is 39.5 Å². The van der Waals surface area contributed by atoms with Crippen molar-refractivity contribution in [2.75, 3.05) is 7.11 Å². The molecule has 0 aliphatic heterocycles. The van der Waals surface area contributed by atoms with Gasteiger partial charge in [-0.05, 0) is 19.1 Å². The Bertz CT molecular complexity index is 630. The summed E-state index contributed by atoms with van der Waals surface area (Å²) in [5.74, 6) is 0.314. The molecule has 2 rings (SSSR count). The van der Waals surface area contributed by atoms with E-state index < -0.39 is 11.7 Å². The van der Waals surface area contributed by atoms with Gasteiger partial charge in [-0.3, -0.25) is 0 Å². The smallest absolute Gasteiger partial charge is 0.416 e. The first-order valence-corrected chi connectivity index (χ1v) is 6.17. The van der Waals surface area contributed by atoms with Crippen LogP contribution < -0.4 is 4.74 Å². The van der Waals surface area contributed by atoms with Gasteiger partial charge in [0.25, 0.3) is 0 Å². The molecule has 0 fully saturated rings. The maximum absolute atomic E-state index is 12.7. The van der Waals surface area contributed by atoms with Crippen LogP contribution in [0.3, 0.4) is 0 Å². The van der Waals surface area contributed by atoms with Crippen LogP contribution in [0, 0.1) is 6.92 Å². The summed E-state index contributed by atoms with van der Waals surface area (Å²) >= 11 is 11.8. The third kappa shape index (κ3) is 2.71. The van der Waals surface area contributed by atoms with Crippen LogP contribution in [0.4, 0.5) is 13.2 Å². The van der Waals surface area contributed by atoms with Gasteiger partial charge in [-0.1, -0.05) is 23.2 Å². The number of rotatable bonds is 2. The van der Waals surface area contributed by atoms with E-state index in [9.17, 15) is 13.2 Å². The Morgan fingerprint density at radius 1 is 1.15 bits per heavy atom. The molecule has 0 saturated heterocycles. The SMILES string of the molecule is COc1cc(C)n(-c2c(Cl)cc(C(F)(F)F)cc2Cl)n1. The number of aromatic nitrogens is 2. The number of hydrogen-bond acceptors (Lipinski definition) is 2. The molecule has 108 valence electrons. The number of methoxy groups -OCH3 is 1. The number of alkyl halides is 3. The van der Waals surface area contributed by atoms with E-state index in [0.717, 1.165) is 12.1 Å². The Balaban J connectivity index is 2.61. The van der Waals surface area contributed by atoms with Crippen molar-refractivity contribution in [2.45, 2.75) is 13.1 Å². The number of ether oxygens (including phenoxy) is 1. The summed E-state index contributed by atoms with van der Waals surface area (Å²) in [5.41, 5.74) is -0.0967. The minimum atomic E-state index is -4.51. The van der Waals surface area contributed by atoms with Crippen molar-refractivity contribution >= 4 is 23.2 Å². The molecule has 0 aliphatic rings. The average molecular weight is 325 g/mol. The van der Waals surface area contributed by atoms with Crippen molar-refractivity contribution in [2.24, 2.45) is 0 Å². The standard InChI is InChI=1S/C12H9Cl2F3N2O/c1-6-3-10(20-2)18-19(6)11-8(13)4-7(5-9(11)14)12(15,16)17/h3-5H,1-2H3. The zero-order valence-corrected chi connectivity index (χ0v) is 11.9. The Kier molecular flexibility index (Phi) is 3.88. The van der Waals surface area contributed by atoms with Crippen LogP contribution in [0.5, 0.6) is 5.88 Å². The summed E-state index contributed by atoms with van der Waals surface area (Å²) < 4.78 is 44.3. The van der Waals surface area contributed by atoms with Crippen LogP contribution in [0.25, 0.3) is 5.69 Å². The van der Waals surface area contributed by atoms with Gasteiger partial charge in [0.2, 0.25) is 5.88 Å². The first-order chi connectivity index (χ1) is 9.24. The number of nitrogens with zero attached hydrogens (tertiary/aromatic N) is 2. The van der Waals surface area contributed by atoms with Crippen molar-refractivity contribution in [1.29, 1.82) is 0 Å². The Morgan fingerprint density at radius 2 is 1.70 bits per heavy atom. The van der Waals surface area contributed by atoms with Gasteiger partial charge >= 0.3 is 6.18 Å². The summed E-state index contributed by atoms with van der Waals surface area (Å²) in [5, 5.41) is 3.78. The second-order valence-electron chi connectivity index (χ2n) is 4.03. The first-order valence-electron chi connectivity index (χ1n) is 5.41. The molecular formula is C12H9Cl2F3N2O. The second-order valence-corrected chi connectivity index (χ2v) is 4.84. The minimum Gasteiger partial charge on any atom is -0.480 e. The highest BCUT2D eigenvalue weighted by Gasteiger charge is 2.32. The lowest BCUT2D eigenvalue weighted by Gasteiger charge is -2.13. The molecule has 0 unspecified atom stereocenters. The van der Waals surface area contributed by atoms with E-state index in [4.69, 9.17) is 27.9 Å². The normalized spacial score (nSPS) is 11.8. The third-order valence-electron chi connectivity index (χ3n) is 2.63. The van der Waals surface area contributed by atoms with E-state index in [0.29, 0.717) is 11.6 Å². The summed E-state index contributed by atoms with van der Waals surface area (Å²) in [6, 6.07) is 3.25. The van der Waals surface area contributed by atoms with Gasteiger partial charge in [0.05, 0.1) is 22.7 Å². The van der Waals surface area contributed by atoms with Crippen molar-refractivity contribution in [3.63, 3.8) is 0 Å². The van der Waals surface area contributed by atoms with E-state index in [1.54, 1.807) is 13.0 Å². The van der Waals surface area contributed by atoms with Gasteiger partial charge in [0, 0.05) is 11.8 Å². The Labute approximate surface area is 122 Å².